The molecule has 0 aliphatic carbocycles. The van der Waals surface area contributed by atoms with Crippen molar-refractivity contribution in [2.45, 2.75) is 40.3 Å². The molecule has 180 valence electrons. The molecule has 0 radical (unpaired) electrons. The molecule has 2 amide bonds. The molecule has 1 atom stereocenters. The predicted molar refractivity (Wildman–Crippen MR) is 140 cm³/mol. The number of hydrogen-bond donors (Lipinski definition) is 0. The van der Waals surface area contributed by atoms with Crippen molar-refractivity contribution >= 4 is 57.5 Å². The second-order valence-electron chi connectivity index (χ2n) is 7.52. The third-order valence-electron chi connectivity index (χ3n) is 4.97. The third kappa shape index (κ3) is 6.12. The zero-order valence-corrected chi connectivity index (χ0v) is 22.4. The smallest absolute Gasteiger partial charge is 0.329 e. The van der Waals surface area contributed by atoms with E-state index in [0.29, 0.717) is 30.3 Å². The maximum Gasteiger partial charge on any atom is 0.329 e. The van der Waals surface area contributed by atoms with Crippen LogP contribution in [0.2, 0.25) is 0 Å². The molecule has 0 saturated carbocycles. The van der Waals surface area contributed by atoms with Gasteiger partial charge in [0.15, 0.2) is 11.5 Å². The van der Waals surface area contributed by atoms with Gasteiger partial charge in [-0.1, -0.05) is 29.8 Å². The van der Waals surface area contributed by atoms with E-state index in [4.69, 9.17) is 14.2 Å². The van der Waals surface area contributed by atoms with Gasteiger partial charge >= 0.3 is 5.97 Å². The Balaban J connectivity index is 1.84. The largest absolute Gasteiger partial charge is 0.490 e. The van der Waals surface area contributed by atoms with Gasteiger partial charge in [-0.15, -0.1) is 0 Å². The average Bonchev–Trinajstić information content (AvgIpc) is 3.07. The van der Waals surface area contributed by atoms with Gasteiger partial charge < -0.3 is 14.2 Å². The fourth-order valence-corrected chi connectivity index (χ4v) is 4.94. The van der Waals surface area contributed by atoms with E-state index in [1.165, 1.54) is 12.5 Å². The first-order valence-corrected chi connectivity index (χ1v) is 12.7. The Labute approximate surface area is 217 Å². The number of esters is 1. The summed E-state index contributed by atoms with van der Waals surface area (Å²) in [7, 11) is 0. The Morgan fingerprint density at radius 1 is 1.12 bits per heavy atom. The summed E-state index contributed by atoms with van der Waals surface area (Å²) in [5, 5.41) is -0.505. The van der Waals surface area contributed by atoms with Gasteiger partial charge in [-0.25, -0.2) is 4.79 Å². The molecule has 0 N–H and O–H groups in total. The van der Waals surface area contributed by atoms with Crippen LogP contribution in [0.15, 0.2) is 41.3 Å². The first-order valence-electron chi connectivity index (χ1n) is 10.8. The summed E-state index contributed by atoms with van der Waals surface area (Å²) in [5.41, 5.74) is 2.90. The molecule has 1 heterocycles. The first-order chi connectivity index (χ1) is 16.2. The zero-order chi connectivity index (χ0) is 24.8. The summed E-state index contributed by atoms with van der Waals surface area (Å²) < 4.78 is 17.6. The molecular weight excluding hydrogens is 569 g/mol. The fraction of sp³-hybridized carbons (Fsp3) is 0.320. The van der Waals surface area contributed by atoms with Crippen LogP contribution >= 0.6 is 34.4 Å². The minimum Gasteiger partial charge on any atom is -0.490 e. The van der Waals surface area contributed by atoms with Crippen molar-refractivity contribution in [2.24, 2.45) is 0 Å². The summed E-state index contributed by atoms with van der Waals surface area (Å²) in [5.74, 6) is 0.0219. The molecule has 1 aliphatic heterocycles. The van der Waals surface area contributed by atoms with Gasteiger partial charge in [0.05, 0.1) is 21.7 Å². The topological polar surface area (TPSA) is 82.1 Å². The summed E-state index contributed by atoms with van der Waals surface area (Å²) in [6.07, 6.45) is 1.62. The van der Waals surface area contributed by atoms with Crippen molar-refractivity contribution in [3.63, 3.8) is 0 Å². The van der Waals surface area contributed by atoms with Crippen LogP contribution in [0.25, 0.3) is 6.08 Å². The van der Waals surface area contributed by atoms with Gasteiger partial charge in [-0.2, -0.15) is 0 Å². The molecule has 2 aromatic rings. The van der Waals surface area contributed by atoms with Crippen LogP contribution in [-0.2, 0) is 20.9 Å². The quantitative estimate of drug-likeness (QED) is 0.213. The Bertz CT molecular complexity index is 1120. The Hall–Kier alpha value is -2.53. The highest BCUT2D eigenvalue weighted by Gasteiger charge is 2.41. The molecular formula is C25H26INO6S. The van der Waals surface area contributed by atoms with E-state index in [1.54, 1.807) is 19.1 Å². The van der Waals surface area contributed by atoms with Crippen molar-refractivity contribution in [3.8, 4) is 11.5 Å². The molecule has 3 rings (SSSR count). The third-order valence-corrected chi connectivity index (χ3v) is 6.66. The number of benzene rings is 2. The Morgan fingerprint density at radius 3 is 2.47 bits per heavy atom. The van der Waals surface area contributed by atoms with Gasteiger partial charge in [0.1, 0.15) is 12.6 Å². The second kappa shape index (κ2) is 11.7. The molecule has 0 spiro atoms. The molecule has 0 unspecified atom stereocenters. The second-order valence-corrected chi connectivity index (χ2v) is 9.67. The molecule has 0 aromatic heterocycles. The molecule has 1 saturated heterocycles. The summed E-state index contributed by atoms with van der Waals surface area (Å²) >= 11 is 2.96. The van der Waals surface area contributed by atoms with E-state index < -0.39 is 23.2 Å². The SMILES string of the molecule is CCOC(=O)[C@H](C)N1C(=O)S/C(=C/c2cc(I)c(OCc3ccc(C)cc3)c(OCC)c2)C1=O. The van der Waals surface area contributed by atoms with E-state index in [9.17, 15) is 14.4 Å². The number of carbonyl (C=O) groups excluding carboxylic acids is 3. The van der Waals surface area contributed by atoms with Gasteiger partial charge in [0, 0.05) is 0 Å². The van der Waals surface area contributed by atoms with Gasteiger partial charge in [0.2, 0.25) is 0 Å². The molecule has 1 fully saturated rings. The van der Waals surface area contributed by atoms with Crippen LogP contribution in [0.1, 0.15) is 37.5 Å². The minimum absolute atomic E-state index is 0.173. The van der Waals surface area contributed by atoms with Crippen LogP contribution in [0.4, 0.5) is 4.79 Å². The van der Waals surface area contributed by atoms with Crippen molar-refractivity contribution < 1.29 is 28.6 Å². The standard InChI is InChI=1S/C25H26INO6S/c1-5-31-20-12-18(11-19(26)22(20)33-14-17-9-7-15(3)8-10-17)13-21-23(28)27(25(30)34-21)16(4)24(29)32-6-2/h7-13,16H,5-6,14H2,1-4H3/b21-13+/t16-/m0/s1. The summed E-state index contributed by atoms with van der Waals surface area (Å²) in [6, 6.07) is 10.7. The fourth-order valence-electron chi connectivity index (χ4n) is 3.25. The molecule has 0 bridgehead atoms. The van der Waals surface area contributed by atoms with E-state index in [0.717, 1.165) is 25.8 Å². The number of rotatable bonds is 9. The van der Waals surface area contributed by atoms with E-state index in [1.807, 2.05) is 44.2 Å². The van der Waals surface area contributed by atoms with E-state index >= 15 is 0 Å². The number of aryl methyl sites for hydroxylation is 1. The number of hydrogen-bond acceptors (Lipinski definition) is 7. The zero-order valence-electron chi connectivity index (χ0n) is 19.4. The molecule has 34 heavy (non-hydrogen) atoms. The van der Waals surface area contributed by atoms with Crippen LogP contribution in [0.5, 0.6) is 11.5 Å². The number of nitrogens with zero attached hydrogens (tertiary/aromatic N) is 1. The van der Waals surface area contributed by atoms with E-state index in [-0.39, 0.29) is 11.5 Å². The lowest BCUT2D eigenvalue weighted by molar-refractivity contribution is -0.150. The average molecular weight is 595 g/mol. The number of ether oxygens (including phenoxy) is 3. The predicted octanol–water partition coefficient (Wildman–Crippen LogP) is 5.57. The Kier molecular flexibility index (Phi) is 9.01. The van der Waals surface area contributed by atoms with Gasteiger partial charge in [-0.3, -0.25) is 14.5 Å². The highest BCUT2D eigenvalue weighted by molar-refractivity contribution is 14.1. The maximum absolute atomic E-state index is 12.9. The molecule has 2 aromatic carbocycles. The van der Waals surface area contributed by atoms with Crippen LogP contribution in [-0.4, -0.2) is 41.3 Å². The number of imide groups is 1. The van der Waals surface area contributed by atoms with Crippen LogP contribution < -0.4 is 9.47 Å². The highest BCUT2D eigenvalue weighted by Crippen LogP contribution is 2.38. The van der Waals surface area contributed by atoms with Gasteiger partial charge in [-0.05, 0) is 91.4 Å². The van der Waals surface area contributed by atoms with Crippen molar-refractivity contribution in [1.82, 2.24) is 4.90 Å². The molecule has 7 nitrogen and oxygen atoms in total. The molecule has 9 heteroatoms. The monoisotopic (exact) mass is 595 g/mol. The van der Waals surface area contributed by atoms with Gasteiger partial charge in [0.25, 0.3) is 11.1 Å². The minimum atomic E-state index is -0.991. The lowest BCUT2D eigenvalue weighted by Crippen LogP contribution is -2.42. The van der Waals surface area contributed by atoms with Crippen LogP contribution in [0.3, 0.4) is 0 Å². The number of amides is 2. The summed E-state index contributed by atoms with van der Waals surface area (Å²) in [6.45, 7) is 8.06. The number of thioether (sulfide) groups is 1. The lowest BCUT2D eigenvalue weighted by Gasteiger charge is -2.19. The number of carbonyl (C=O) groups is 3. The van der Waals surface area contributed by atoms with Crippen molar-refractivity contribution in [1.29, 1.82) is 0 Å². The lowest BCUT2D eigenvalue weighted by atomic mass is 10.1. The number of halogens is 1. The van der Waals surface area contributed by atoms with Crippen molar-refractivity contribution in [3.05, 3.63) is 61.6 Å². The highest BCUT2D eigenvalue weighted by atomic mass is 127. The maximum atomic E-state index is 12.9. The summed E-state index contributed by atoms with van der Waals surface area (Å²) in [4.78, 5) is 38.5. The normalized spacial score (nSPS) is 15.6. The first kappa shape index (κ1) is 26.1. The Morgan fingerprint density at radius 2 is 1.82 bits per heavy atom. The van der Waals surface area contributed by atoms with Crippen molar-refractivity contribution in [2.75, 3.05) is 13.2 Å². The van der Waals surface area contributed by atoms with E-state index in [2.05, 4.69) is 22.6 Å². The van der Waals surface area contributed by atoms with Crippen LogP contribution in [0, 0.1) is 10.5 Å². The molecule has 1 aliphatic rings.